The Morgan fingerprint density at radius 2 is 2.04 bits per heavy atom. The van der Waals surface area contributed by atoms with E-state index in [1.807, 2.05) is 18.2 Å². The molecule has 3 amide bonds. The number of urea groups is 1. The summed E-state index contributed by atoms with van der Waals surface area (Å²) in [7, 11) is 0. The molecule has 0 atom stereocenters. The van der Waals surface area contributed by atoms with Crippen LogP contribution in [0, 0.1) is 5.92 Å². The van der Waals surface area contributed by atoms with Crippen LogP contribution < -0.4 is 20.9 Å². The molecular weight excluding hydrogens is 356 g/mol. The summed E-state index contributed by atoms with van der Waals surface area (Å²) in [6.45, 7) is 1.69. The zero-order chi connectivity index (χ0) is 19.4. The SMILES string of the molecule is O=C1CN(CCCCCC2(NNc3cccc(OCC4CC4)c3)CC2)C(=O)N1. The lowest BCUT2D eigenvalue weighted by Gasteiger charge is -2.20. The van der Waals surface area contributed by atoms with Gasteiger partial charge in [0.05, 0.1) is 12.3 Å². The van der Waals surface area contributed by atoms with Gasteiger partial charge in [-0.15, -0.1) is 0 Å². The quantitative estimate of drug-likeness (QED) is 0.292. The minimum atomic E-state index is -0.252. The van der Waals surface area contributed by atoms with E-state index >= 15 is 0 Å². The number of amides is 3. The molecule has 7 nitrogen and oxygen atoms in total. The highest BCUT2D eigenvalue weighted by molar-refractivity contribution is 6.01. The molecule has 0 aromatic heterocycles. The number of rotatable bonds is 12. The lowest BCUT2D eigenvalue weighted by atomic mass is 10.1. The number of carbonyl (C=O) groups excluding carboxylic acids is 2. The van der Waals surface area contributed by atoms with Gasteiger partial charge in [-0.1, -0.05) is 18.9 Å². The number of hydrogen-bond donors (Lipinski definition) is 3. The second kappa shape index (κ2) is 8.39. The van der Waals surface area contributed by atoms with Gasteiger partial charge in [-0.25, -0.2) is 10.2 Å². The summed E-state index contributed by atoms with van der Waals surface area (Å²) in [5, 5.41) is 2.32. The summed E-state index contributed by atoms with van der Waals surface area (Å²) in [5.41, 5.74) is 8.09. The largest absolute Gasteiger partial charge is 0.493 e. The van der Waals surface area contributed by atoms with Crippen LogP contribution in [0.4, 0.5) is 10.5 Å². The fourth-order valence-electron chi connectivity index (χ4n) is 3.56. The highest BCUT2D eigenvalue weighted by Crippen LogP contribution is 2.40. The summed E-state index contributed by atoms with van der Waals surface area (Å²) in [5.74, 6) is 1.48. The zero-order valence-electron chi connectivity index (χ0n) is 16.3. The van der Waals surface area contributed by atoms with Gasteiger partial charge >= 0.3 is 6.03 Å². The smallest absolute Gasteiger partial charge is 0.324 e. The van der Waals surface area contributed by atoms with Crippen molar-refractivity contribution in [3.63, 3.8) is 0 Å². The van der Waals surface area contributed by atoms with E-state index in [9.17, 15) is 9.59 Å². The molecule has 2 aliphatic carbocycles. The minimum absolute atomic E-state index is 0.186. The number of anilines is 1. The van der Waals surface area contributed by atoms with E-state index in [1.54, 1.807) is 4.90 Å². The molecule has 0 bridgehead atoms. The maximum absolute atomic E-state index is 11.5. The number of imide groups is 1. The number of carbonyl (C=O) groups is 2. The number of hydrogen-bond acceptors (Lipinski definition) is 5. The average molecular weight is 386 g/mol. The van der Waals surface area contributed by atoms with Crippen molar-refractivity contribution in [2.75, 3.05) is 25.1 Å². The molecule has 0 radical (unpaired) electrons. The molecule has 7 heteroatoms. The van der Waals surface area contributed by atoms with E-state index in [1.165, 1.54) is 25.7 Å². The molecule has 152 valence electrons. The molecule has 3 fully saturated rings. The van der Waals surface area contributed by atoms with Crippen molar-refractivity contribution in [1.82, 2.24) is 15.6 Å². The van der Waals surface area contributed by atoms with Gasteiger partial charge in [-0.2, -0.15) is 0 Å². The summed E-state index contributed by atoms with van der Waals surface area (Å²) >= 11 is 0. The number of hydrazine groups is 1. The van der Waals surface area contributed by atoms with E-state index in [-0.39, 0.29) is 24.0 Å². The van der Waals surface area contributed by atoms with Crippen LogP contribution in [0.5, 0.6) is 5.75 Å². The molecule has 1 aromatic rings. The Labute approximate surface area is 166 Å². The average Bonchev–Trinajstić information content (AvgIpc) is 3.60. The molecule has 0 spiro atoms. The molecule has 1 heterocycles. The molecule has 4 rings (SSSR count). The molecule has 28 heavy (non-hydrogen) atoms. The highest BCUT2D eigenvalue weighted by atomic mass is 16.5. The maximum Gasteiger partial charge on any atom is 0.324 e. The van der Waals surface area contributed by atoms with Crippen molar-refractivity contribution >= 4 is 17.6 Å². The van der Waals surface area contributed by atoms with Gasteiger partial charge in [0.2, 0.25) is 5.91 Å². The molecule has 1 aromatic carbocycles. The van der Waals surface area contributed by atoms with Crippen LogP contribution in [-0.2, 0) is 4.79 Å². The molecule has 3 aliphatic rings. The van der Waals surface area contributed by atoms with E-state index in [2.05, 4.69) is 22.2 Å². The van der Waals surface area contributed by atoms with Crippen molar-refractivity contribution < 1.29 is 14.3 Å². The Hall–Kier alpha value is -2.28. The van der Waals surface area contributed by atoms with E-state index in [0.717, 1.165) is 49.6 Å². The number of nitrogens with one attached hydrogen (secondary N) is 3. The van der Waals surface area contributed by atoms with E-state index in [0.29, 0.717) is 6.54 Å². The van der Waals surface area contributed by atoms with Crippen LogP contribution in [-0.4, -0.2) is 42.1 Å². The first-order chi connectivity index (χ1) is 13.6. The molecule has 1 aliphatic heterocycles. The maximum atomic E-state index is 11.5. The fraction of sp³-hybridized carbons (Fsp3) is 0.619. The van der Waals surface area contributed by atoms with Gasteiger partial charge in [0, 0.05) is 18.2 Å². The Balaban J connectivity index is 1.13. The molecule has 0 unspecified atom stereocenters. The molecular formula is C21H30N4O3. The lowest BCUT2D eigenvalue weighted by Crippen LogP contribution is -2.36. The van der Waals surface area contributed by atoms with E-state index in [4.69, 9.17) is 4.74 Å². The van der Waals surface area contributed by atoms with Gasteiger partial charge in [0.1, 0.15) is 12.3 Å². The predicted octanol–water partition coefficient (Wildman–Crippen LogP) is 3.04. The van der Waals surface area contributed by atoms with Crippen molar-refractivity contribution in [1.29, 1.82) is 0 Å². The van der Waals surface area contributed by atoms with E-state index < -0.39 is 0 Å². The van der Waals surface area contributed by atoms with Crippen molar-refractivity contribution in [2.45, 2.75) is 56.9 Å². The van der Waals surface area contributed by atoms with Crippen LogP contribution in [0.1, 0.15) is 51.4 Å². The predicted molar refractivity (Wildman–Crippen MR) is 107 cm³/mol. The van der Waals surface area contributed by atoms with Crippen LogP contribution in [0.25, 0.3) is 0 Å². The number of benzene rings is 1. The third kappa shape index (κ3) is 5.38. The van der Waals surface area contributed by atoms with Crippen LogP contribution in [0.3, 0.4) is 0 Å². The van der Waals surface area contributed by atoms with Crippen LogP contribution in [0.15, 0.2) is 24.3 Å². The molecule has 3 N–H and O–H groups in total. The summed E-state index contributed by atoms with van der Waals surface area (Å²) in [6, 6.07) is 7.88. The third-order valence-corrected chi connectivity index (χ3v) is 5.79. The van der Waals surface area contributed by atoms with Crippen molar-refractivity contribution in [3.8, 4) is 5.75 Å². The second-order valence-electron chi connectivity index (χ2n) is 8.40. The monoisotopic (exact) mass is 386 g/mol. The normalized spacial score (nSPS) is 20.2. The number of ether oxygens (including phenoxy) is 1. The summed E-state index contributed by atoms with van der Waals surface area (Å²) in [6.07, 6.45) is 9.18. The highest BCUT2D eigenvalue weighted by Gasteiger charge is 2.41. The standard InChI is InChI=1S/C21H30N4O3/c26-19-14-25(20(27)22-19)12-3-1-2-9-21(10-11-21)24-23-17-5-4-6-18(13-17)28-15-16-7-8-16/h4-6,13,16,23-24H,1-3,7-12,14-15H2,(H,22,26,27). The minimum Gasteiger partial charge on any atom is -0.493 e. The molecule has 2 saturated carbocycles. The van der Waals surface area contributed by atoms with Crippen molar-refractivity contribution in [3.05, 3.63) is 24.3 Å². The number of nitrogens with zero attached hydrogens (tertiary/aromatic N) is 1. The Morgan fingerprint density at radius 3 is 2.75 bits per heavy atom. The second-order valence-corrected chi connectivity index (χ2v) is 8.40. The Bertz CT molecular complexity index is 715. The summed E-state index contributed by atoms with van der Waals surface area (Å²) < 4.78 is 5.85. The van der Waals surface area contributed by atoms with Gasteiger partial charge in [0.15, 0.2) is 0 Å². The number of unbranched alkanes of at least 4 members (excludes halogenated alkanes) is 2. The van der Waals surface area contributed by atoms with Crippen LogP contribution in [0.2, 0.25) is 0 Å². The first-order valence-electron chi connectivity index (χ1n) is 10.5. The lowest BCUT2D eigenvalue weighted by molar-refractivity contribution is -0.118. The fourth-order valence-corrected chi connectivity index (χ4v) is 3.56. The Morgan fingerprint density at radius 1 is 1.18 bits per heavy atom. The first kappa shape index (κ1) is 19.1. The Kier molecular flexibility index (Phi) is 5.71. The van der Waals surface area contributed by atoms with Gasteiger partial charge in [-0.05, 0) is 56.6 Å². The first-order valence-corrected chi connectivity index (χ1v) is 10.5. The molecule has 1 saturated heterocycles. The van der Waals surface area contributed by atoms with Crippen LogP contribution >= 0.6 is 0 Å². The third-order valence-electron chi connectivity index (χ3n) is 5.79. The summed E-state index contributed by atoms with van der Waals surface area (Å²) in [4.78, 5) is 24.3. The van der Waals surface area contributed by atoms with Gasteiger partial charge in [-0.3, -0.25) is 10.1 Å². The zero-order valence-corrected chi connectivity index (χ0v) is 16.3. The van der Waals surface area contributed by atoms with Crippen molar-refractivity contribution in [2.24, 2.45) is 5.92 Å². The van der Waals surface area contributed by atoms with Gasteiger partial charge in [0.25, 0.3) is 0 Å². The van der Waals surface area contributed by atoms with Gasteiger partial charge < -0.3 is 15.1 Å². The topological polar surface area (TPSA) is 82.7 Å².